The molecule has 0 atom stereocenters. The number of benzene rings is 1. The van der Waals surface area contributed by atoms with E-state index in [-0.39, 0.29) is 0 Å². The second kappa shape index (κ2) is 9.05. The van der Waals surface area contributed by atoms with Gasteiger partial charge in [-0.05, 0) is 42.4 Å². The predicted molar refractivity (Wildman–Crippen MR) is 88.4 cm³/mol. The fourth-order valence-electron chi connectivity index (χ4n) is 3.17. The monoisotopic (exact) mass is 276 g/mol. The molecule has 1 heteroatoms. The number of hydrogen-bond acceptors (Lipinski definition) is 1. The first-order chi connectivity index (χ1) is 9.68. The zero-order valence-electron chi connectivity index (χ0n) is 13.6. The van der Waals surface area contributed by atoms with Gasteiger partial charge in [0, 0.05) is 0 Å². The highest BCUT2D eigenvalue weighted by Crippen LogP contribution is 2.40. The van der Waals surface area contributed by atoms with Crippen LogP contribution in [0.25, 0.3) is 0 Å². The van der Waals surface area contributed by atoms with Crippen LogP contribution in [0.3, 0.4) is 0 Å². The molecule has 114 valence electrons. The van der Waals surface area contributed by atoms with Crippen LogP contribution in [-0.4, -0.2) is 5.11 Å². The van der Waals surface area contributed by atoms with Crippen molar-refractivity contribution in [2.45, 2.75) is 84.0 Å². The lowest BCUT2D eigenvalue weighted by Gasteiger charge is -2.35. The zero-order valence-corrected chi connectivity index (χ0v) is 13.6. The van der Waals surface area contributed by atoms with Crippen molar-refractivity contribution in [3.8, 4) is 5.75 Å². The van der Waals surface area contributed by atoms with Gasteiger partial charge in [0.25, 0.3) is 0 Å². The minimum atomic E-state index is 0.329. The van der Waals surface area contributed by atoms with Gasteiger partial charge < -0.3 is 5.11 Å². The SMILES string of the molecule is CCCCC(CCCC)(CCCC)c1ccc(O)cc1. The molecule has 0 aliphatic carbocycles. The molecule has 1 rings (SSSR count). The maximum atomic E-state index is 9.55. The Morgan fingerprint density at radius 3 is 1.50 bits per heavy atom. The van der Waals surface area contributed by atoms with E-state index in [0.717, 1.165) is 0 Å². The normalized spacial score (nSPS) is 11.8. The first kappa shape index (κ1) is 17.1. The van der Waals surface area contributed by atoms with Crippen LogP contribution in [0.5, 0.6) is 5.75 Å². The molecule has 0 spiro atoms. The third kappa shape index (κ3) is 4.85. The van der Waals surface area contributed by atoms with Crippen LogP contribution in [0.15, 0.2) is 24.3 Å². The Bertz CT molecular complexity index is 331. The number of unbranched alkanes of at least 4 members (excludes halogenated alkanes) is 3. The summed E-state index contributed by atoms with van der Waals surface area (Å²) >= 11 is 0. The van der Waals surface area contributed by atoms with Crippen LogP contribution in [0, 0.1) is 0 Å². The van der Waals surface area contributed by atoms with E-state index in [1.807, 2.05) is 12.1 Å². The first-order valence-electron chi connectivity index (χ1n) is 8.48. The highest BCUT2D eigenvalue weighted by Gasteiger charge is 2.30. The highest BCUT2D eigenvalue weighted by molar-refractivity contribution is 5.31. The summed E-state index contributed by atoms with van der Waals surface area (Å²) in [4.78, 5) is 0. The molecule has 0 aliphatic heterocycles. The molecule has 0 fully saturated rings. The molecule has 1 aromatic carbocycles. The predicted octanol–water partition coefficient (Wildman–Crippen LogP) is 6.20. The van der Waals surface area contributed by atoms with Crippen LogP contribution in [0.4, 0.5) is 0 Å². The quantitative estimate of drug-likeness (QED) is 0.539. The fourth-order valence-corrected chi connectivity index (χ4v) is 3.17. The van der Waals surface area contributed by atoms with Gasteiger partial charge in [-0.2, -0.15) is 0 Å². The van der Waals surface area contributed by atoms with Crippen molar-refractivity contribution in [2.24, 2.45) is 0 Å². The van der Waals surface area contributed by atoms with Crippen molar-refractivity contribution in [3.05, 3.63) is 29.8 Å². The number of hydrogen-bond donors (Lipinski definition) is 1. The van der Waals surface area contributed by atoms with Crippen LogP contribution >= 0.6 is 0 Å². The van der Waals surface area contributed by atoms with Gasteiger partial charge >= 0.3 is 0 Å². The molecular formula is C19H32O. The van der Waals surface area contributed by atoms with E-state index in [9.17, 15) is 5.11 Å². The van der Waals surface area contributed by atoms with Crippen molar-refractivity contribution < 1.29 is 5.11 Å². The summed E-state index contributed by atoms with van der Waals surface area (Å²) in [6.45, 7) is 6.84. The maximum absolute atomic E-state index is 9.55. The van der Waals surface area contributed by atoms with E-state index in [1.54, 1.807) is 0 Å². The molecular weight excluding hydrogens is 244 g/mol. The molecule has 0 saturated carbocycles. The van der Waals surface area contributed by atoms with Crippen molar-refractivity contribution in [3.63, 3.8) is 0 Å². The Labute approximate surface area is 125 Å². The second-order valence-electron chi connectivity index (χ2n) is 6.14. The lowest BCUT2D eigenvalue weighted by Crippen LogP contribution is -2.26. The molecule has 0 aromatic heterocycles. The highest BCUT2D eigenvalue weighted by atomic mass is 16.3. The summed E-state index contributed by atoms with van der Waals surface area (Å²) in [6, 6.07) is 8.01. The molecule has 0 saturated heterocycles. The van der Waals surface area contributed by atoms with Crippen LogP contribution in [0.2, 0.25) is 0 Å². The zero-order chi connectivity index (χ0) is 14.8. The standard InChI is InChI=1S/C19H32O/c1-4-7-14-19(15-8-5-2,16-9-6-3)17-10-12-18(20)13-11-17/h10-13,20H,4-9,14-16H2,1-3H3. The molecule has 1 N–H and O–H groups in total. The molecule has 0 radical (unpaired) electrons. The smallest absolute Gasteiger partial charge is 0.115 e. The van der Waals surface area contributed by atoms with Gasteiger partial charge in [-0.3, -0.25) is 0 Å². The third-order valence-electron chi connectivity index (χ3n) is 4.51. The van der Waals surface area contributed by atoms with Crippen molar-refractivity contribution in [2.75, 3.05) is 0 Å². The topological polar surface area (TPSA) is 20.2 Å². The largest absolute Gasteiger partial charge is 0.508 e. The van der Waals surface area contributed by atoms with Crippen molar-refractivity contribution >= 4 is 0 Å². The van der Waals surface area contributed by atoms with Gasteiger partial charge in [0.2, 0.25) is 0 Å². The number of phenols is 1. The Hall–Kier alpha value is -0.980. The Morgan fingerprint density at radius 2 is 1.15 bits per heavy atom. The molecule has 0 amide bonds. The Morgan fingerprint density at radius 1 is 0.750 bits per heavy atom. The molecule has 0 unspecified atom stereocenters. The molecule has 0 heterocycles. The van der Waals surface area contributed by atoms with E-state index in [1.165, 1.54) is 63.4 Å². The van der Waals surface area contributed by atoms with E-state index >= 15 is 0 Å². The van der Waals surface area contributed by atoms with Gasteiger partial charge in [0.1, 0.15) is 5.75 Å². The minimum Gasteiger partial charge on any atom is -0.508 e. The fraction of sp³-hybridized carbons (Fsp3) is 0.684. The van der Waals surface area contributed by atoms with Gasteiger partial charge in [-0.1, -0.05) is 71.4 Å². The molecule has 1 aromatic rings. The average Bonchev–Trinajstić information content (AvgIpc) is 2.48. The summed E-state index contributed by atoms with van der Waals surface area (Å²) in [7, 11) is 0. The van der Waals surface area contributed by atoms with Crippen LogP contribution < -0.4 is 0 Å². The number of phenolic OH excluding ortho intramolecular Hbond substituents is 1. The Kier molecular flexibility index (Phi) is 7.72. The summed E-state index contributed by atoms with van der Waals surface area (Å²) in [6.07, 6.45) is 11.5. The number of aromatic hydroxyl groups is 1. The van der Waals surface area contributed by atoms with E-state index in [2.05, 4.69) is 32.9 Å². The van der Waals surface area contributed by atoms with Crippen LogP contribution in [-0.2, 0) is 5.41 Å². The average molecular weight is 276 g/mol. The molecule has 0 aliphatic rings. The Balaban J connectivity index is 3.00. The summed E-state index contributed by atoms with van der Waals surface area (Å²) in [5, 5.41) is 9.55. The lowest BCUT2D eigenvalue weighted by molar-refractivity contribution is 0.309. The summed E-state index contributed by atoms with van der Waals surface area (Å²) < 4.78 is 0. The van der Waals surface area contributed by atoms with Gasteiger partial charge in [0.05, 0.1) is 0 Å². The molecule has 1 nitrogen and oxygen atoms in total. The number of rotatable bonds is 10. The summed E-state index contributed by atoms with van der Waals surface area (Å²) in [5.74, 6) is 0.379. The van der Waals surface area contributed by atoms with Crippen LogP contribution in [0.1, 0.15) is 84.1 Å². The van der Waals surface area contributed by atoms with Gasteiger partial charge in [-0.15, -0.1) is 0 Å². The van der Waals surface area contributed by atoms with Crippen molar-refractivity contribution in [1.82, 2.24) is 0 Å². The lowest BCUT2D eigenvalue weighted by atomic mass is 9.69. The first-order valence-corrected chi connectivity index (χ1v) is 8.48. The minimum absolute atomic E-state index is 0.329. The van der Waals surface area contributed by atoms with Gasteiger partial charge in [-0.25, -0.2) is 0 Å². The van der Waals surface area contributed by atoms with Gasteiger partial charge in [0.15, 0.2) is 0 Å². The second-order valence-corrected chi connectivity index (χ2v) is 6.14. The van der Waals surface area contributed by atoms with Crippen molar-refractivity contribution in [1.29, 1.82) is 0 Å². The molecule has 0 bridgehead atoms. The maximum Gasteiger partial charge on any atom is 0.115 e. The summed E-state index contributed by atoms with van der Waals surface area (Å²) in [5.41, 5.74) is 1.76. The third-order valence-corrected chi connectivity index (χ3v) is 4.51. The molecule has 20 heavy (non-hydrogen) atoms. The van der Waals surface area contributed by atoms with E-state index < -0.39 is 0 Å². The van der Waals surface area contributed by atoms with E-state index in [4.69, 9.17) is 0 Å². The van der Waals surface area contributed by atoms with E-state index in [0.29, 0.717) is 11.2 Å².